The molecule has 5 nitrogen and oxygen atoms in total. The number of benzene rings is 6. The fourth-order valence-corrected chi connectivity index (χ4v) is 6.99. The summed E-state index contributed by atoms with van der Waals surface area (Å²) in [6.45, 7) is 4.60. The van der Waals surface area contributed by atoms with E-state index >= 15 is 0 Å². The zero-order valence-electron chi connectivity index (χ0n) is 27.9. The minimum absolute atomic E-state index is 0.577. The van der Waals surface area contributed by atoms with Crippen LogP contribution in [-0.2, 0) is 6.42 Å². The average Bonchev–Trinajstić information content (AvgIpc) is 3.55. The van der Waals surface area contributed by atoms with E-state index in [4.69, 9.17) is 15.0 Å². The summed E-state index contributed by atoms with van der Waals surface area (Å²) in [7, 11) is 0. The first-order valence-electron chi connectivity index (χ1n) is 17.1. The molecule has 0 N–H and O–H groups in total. The van der Waals surface area contributed by atoms with Crippen LogP contribution in [0.25, 0.3) is 56.1 Å². The Bertz CT molecular complexity index is 2560. The van der Waals surface area contributed by atoms with Gasteiger partial charge in [0.2, 0.25) is 5.95 Å². The van der Waals surface area contributed by atoms with Gasteiger partial charge in [0.05, 0.1) is 11.0 Å². The van der Waals surface area contributed by atoms with E-state index in [1.165, 1.54) is 5.56 Å². The molecule has 6 aromatic carbocycles. The van der Waals surface area contributed by atoms with Crippen molar-refractivity contribution in [3.63, 3.8) is 0 Å². The Labute approximate surface area is 296 Å². The first-order valence-corrected chi connectivity index (χ1v) is 17.1. The molecule has 2 aromatic heterocycles. The molecule has 242 valence electrons. The summed E-state index contributed by atoms with van der Waals surface area (Å²) in [5, 5.41) is 2.25. The molecule has 0 unspecified atom stereocenters. The van der Waals surface area contributed by atoms with Gasteiger partial charge in [-0.25, -0.2) is 4.98 Å². The summed E-state index contributed by atoms with van der Waals surface area (Å²) >= 11 is 0. The van der Waals surface area contributed by atoms with Gasteiger partial charge in [-0.15, -0.1) is 0 Å². The Hall–Kier alpha value is -6.85. The van der Waals surface area contributed by atoms with Gasteiger partial charge in [-0.05, 0) is 65.6 Å². The zero-order chi connectivity index (χ0) is 34.1. The number of anilines is 2. The van der Waals surface area contributed by atoms with E-state index in [9.17, 15) is 0 Å². The lowest BCUT2D eigenvalue weighted by Crippen LogP contribution is -2.16. The molecule has 1 aliphatic heterocycles. The lowest BCUT2D eigenvalue weighted by molar-refractivity contribution is 0.953. The maximum atomic E-state index is 5.09. The van der Waals surface area contributed by atoms with Crippen LogP contribution in [-0.4, -0.2) is 19.5 Å². The highest BCUT2D eigenvalue weighted by atomic mass is 15.2. The number of para-hydroxylation sites is 3. The molecular formula is C46H33N5. The quantitative estimate of drug-likeness (QED) is 0.185. The molecule has 3 heterocycles. The van der Waals surface area contributed by atoms with Gasteiger partial charge in [-0.1, -0.05) is 140 Å². The standard InChI is InChI=1S/C46H33N5/c1-32-30-36(22-15-21-33-16-11-13-26-41(33)50(32)38-23-9-4-10-24-38)37-28-29-43-40(31-37)39-25-12-14-27-42(39)51(43)46-48-44(34-17-5-2-6-18-34)47-45(49-46)35-19-7-3-8-20-35/h2-20,22-31H,1,21H2/b22-15-,36-30+. The lowest BCUT2D eigenvalue weighted by atomic mass is 10.0. The van der Waals surface area contributed by atoms with Crippen molar-refractivity contribution < 1.29 is 0 Å². The molecule has 1 aliphatic rings. The van der Waals surface area contributed by atoms with E-state index in [1.54, 1.807) is 0 Å². The highest BCUT2D eigenvalue weighted by molar-refractivity contribution is 6.10. The molecular weight excluding hydrogens is 623 g/mol. The molecule has 5 heteroatoms. The summed E-state index contributed by atoms with van der Waals surface area (Å²) in [6, 6.07) is 54.4. The van der Waals surface area contributed by atoms with Gasteiger partial charge in [0.1, 0.15) is 0 Å². The highest BCUT2D eigenvalue weighted by Crippen LogP contribution is 2.38. The van der Waals surface area contributed by atoms with Gasteiger partial charge in [-0.3, -0.25) is 4.57 Å². The minimum Gasteiger partial charge on any atom is -0.311 e. The number of allylic oxidation sites excluding steroid dienone is 4. The maximum Gasteiger partial charge on any atom is 0.238 e. The van der Waals surface area contributed by atoms with Crippen molar-refractivity contribution in [2.75, 3.05) is 4.90 Å². The molecule has 0 saturated carbocycles. The Morgan fingerprint density at radius 2 is 1.14 bits per heavy atom. The lowest BCUT2D eigenvalue weighted by Gasteiger charge is -2.27. The molecule has 8 aromatic rings. The van der Waals surface area contributed by atoms with E-state index in [0.717, 1.165) is 67.6 Å². The topological polar surface area (TPSA) is 46.8 Å². The summed E-state index contributed by atoms with van der Waals surface area (Å²) in [5.74, 6) is 1.84. The van der Waals surface area contributed by atoms with Gasteiger partial charge >= 0.3 is 0 Å². The molecule has 0 bridgehead atoms. The predicted molar refractivity (Wildman–Crippen MR) is 210 cm³/mol. The van der Waals surface area contributed by atoms with Crippen molar-refractivity contribution in [2.24, 2.45) is 0 Å². The number of rotatable bonds is 5. The van der Waals surface area contributed by atoms with Crippen LogP contribution in [0, 0.1) is 0 Å². The number of nitrogens with zero attached hydrogens (tertiary/aromatic N) is 5. The fourth-order valence-electron chi connectivity index (χ4n) is 6.99. The number of aromatic nitrogens is 4. The van der Waals surface area contributed by atoms with E-state index < -0.39 is 0 Å². The molecule has 9 rings (SSSR count). The predicted octanol–water partition coefficient (Wildman–Crippen LogP) is 11.2. The van der Waals surface area contributed by atoms with Crippen LogP contribution in [0.5, 0.6) is 0 Å². The Kier molecular flexibility index (Phi) is 7.63. The monoisotopic (exact) mass is 655 g/mol. The molecule has 0 aliphatic carbocycles. The summed E-state index contributed by atoms with van der Waals surface area (Å²) in [6.07, 6.45) is 7.47. The van der Waals surface area contributed by atoms with Gasteiger partial charge in [-0.2, -0.15) is 9.97 Å². The van der Waals surface area contributed by atoms with Crippen LogP contribution in [0.2, 0.25) is 0 Å². The smallest absolute Gasteiger partial charge is 0.238 e. The number of hydrogen-bond donors (Lipinski definition) is 0. The van der Waals surface area contributed by atoms with Crippen molar-refractivity contribution in [3.05, 3.63) is 199 Å². The van der Waals surface area contributed by atoms with Gasteiger partial charge in [0.25, 0.3) is 0 Å². The van der Waals surface area contributed by atoms with Gasteiger partial charge in [0, 0.05) is 39.0 Å². The molecule has 51 heavy (non-hydrogen) atoms. The number of hydrogen-bond acceptors (Lipinski definition) is 4. The summed E-state index contributed by atoms with van der Waals surface area (Å²) < 4.78 is 2.16. The average molecular weight is 656 g/mol. The van der Waals surface area contributed by atoms with Crippen LogP contribution >= 0.6 is 0 Å². The first-order chi connectivity index (χ1) is 25.2. The normalized spacial score (nSPS) is 14.7. The van der Waals surface area contributed by atoms with Crippen molar-refractivity contribution >= 4 is 38.8 Å². The molecule has 0 atom stereocenters. The highest BCUT2D eigenvalue weighted by Gasteiger charge is 2.20. The molecule has 0 saturated heterocycles. The van der Waals surface area contributed by atoms with Crippen LogP contribution in [0.1, 0.15) is 11.1 Å². The third kappa shape index (κ3) is 5.61. The molecule has 0 amide bonds. The van der Waals surface area contributed by atoms with E-state index in [2.05, 4.69) is 125 Å². The first kappa shape index (κ1) is 30.2. The Morgan fingerprint density at radius 1 is 0.529 bits per heavy atom. The Balaban J connectivity index is 1.21. The van der Waals surface area contributed by atoms with Gasteiger partial charge < -0.3 is 4.90 Å². The second kappa shape index (κ2) is 12.9. The maximum absolute atomic E-state index is 5.09. The van der Waals surface area contributed by atoms with Crippen molar-refractivity contribution in [1.82, 2.24) is 19.5 Å². The minimum atomic E-state index is 0.577. The zero-order valence-corrected chi connectivity index (χ0v) is 27.9. The van der Waals surface area contributed by atoms with E-state index in [0.29, 0.717) is 17.6 Å². The summed E-state index contributed by atoms with van der Waals surface area (Å²) in [4.78, 5) is 17.4. The summed E-state index contributed by atoms with van der Waals surface area (Å²) in [5.41, 5.74) is 10.5. The Morgan fingerprint density at radius 3 is 1.86 bits per heavy atom. The molecule has 0 spiro atoms. The second-order valence-corrected chi connectivity index (χ2v) is 12.6. The van der Waals surface area contributed by atoms with E-state index in [1.807, 2.05) is 66.7 Å². The SMILES string of the molecule is C=C1/C=C(c2ccc3c(c2)c2ccccc2n3-c2nc(-c3ccccc3)nc(-c3ccccc3)n2)\C=C/Cc2ccccc2N1c1ccccc1. The second-order valence-electron chi connectivity index (χ2n) is 12.6. The molecule has 0 radical (unpaired) electrons. The van der Waals surface area contributed by atoms with Crippen molar-refractivity contribution in [2.45, 2.75) is 6.42 Å². The van der Waals surface area contributed by atoms with Crippen LogP contribution in [0.15, 0.2) is 188 Å². The molecule has 0 fully saturated rings. The van der Waals surface area contributed by atoms with Crippen molar-refractivity contribution in [3.8, 4) is 28.7 Å². The van der Waals surface area contributed by atoms with Crippen LogP contribution in [0.3, 0.4) is 0 Å². The van der Waals surface area contributed by atoms with Crippen LogP contribution in [0.4, 0.5) is 11.4 Å². The van der Waals surface area contributed by atoms with E-state index in [-0.39, 0.29) is 0 Å². The number of fused-ring (bicyclic) bond motifs is 4. The van der Waals surface area contributed by atoms with Gasteiger partial charge in [0.15, 0.2) is 11.6 Å². The van der Waals surface area contributed by atoms with Crippen molar-refractivity contribution in [1.29, 1.82) is 0 Å². The van der Waals surface area contributed by atoms with Crippen LogP contribution < -0.4 is 4.90 Å². The third-order valence-electron chi connectivity index (χ3n) is 9.38. The largest absolute Gasteiger partial charge is 0.311 e. The third-order valence-corrected chi connectivity index (χ3v) is 9.38. The fraction of sp³-hybridized carbons (Fsp3) is 0.0217.